The number of anilines is 4. The van der Waals surface area contributed by atoms with Crippen LogP contribution in [-0.4, -0.2) is 70.5 Å². The van der Waals surface area contributed by atoms with Crippen LogP contribution in [-0.2, 0) is 29.3 Å². The number of benzene rings is 4. The van der Waals surface area contributed by atoms with Gasteiger partial charge in [-0.05, 0) is 99.0 Å². The largest absolute Gasteiger partial charge is 0.506 e. The number of halogens is 3. The standard InChI is InChI=1S/C23H22ClN3O5S.C16H17ClN2O4S.C7H6ClNO/c1-3-21(33(31,32)16-7-5-4-6-8-16)23(30)26-18-12-20(28)19(11-17(18)24)27-22(29)15-10-9-14(2)25-13-15;1-2-15(24(22,23)10-6-4-3-5-7-10)16(21)19-13-9-14(20)12(18)8-11(13)17;1-5-2-3-6(4-9-5)7(8)10/h4-13,21,28H,3H2,1-2H3,(H,26,30)(H,27,29);3-9,15,20H,2,18H2,1H3,(H,19,21);2-4H,1H3. The highest BCUT2D eigenvalue weighted by Crippen LogP contribution is 2.35. The third kappa shape index (κ3) is 14.2. The number of nitrogens with zero attached hydrogens (tertiary/aromatic N) is 2. The number of nitrogens with two attached hydrogens (primary N) is 1. The molecular weight excluding hydrogens is 967 g/mol. The maximum Gasteiger partial charge on any atom is 0.257 e. The Labute approximate surface area is 402 Å². The third-order valence-corrected chi connectivity index (χ3v) is 14.8. The fourth-order valence-corrected chi connectivity index (χ4v) is 9.71. The molecule has 0 fully saturated rings. The number of aryl methyl sites for hydroxylation is 2. The maximum absolute atomic E-state index is 12.9. The number of nitrogen functional groups attached to an aromatic ring is 1. The van der Waals surface area contributed by atoms with Crippen LogP contribution in [0.4, 0.5) is 22.7 Å². The molecule has 16 nitrogen and oxygen atoms in total. The molecule has 67 heavy (non-hydrogen) atoms. The number of nitrogens with one attached hydrogen (secondary N) is 3. The van der Waals surface area contributed by atoms with Crippen molar-refractivity contribution in [3.8, 4) is 11.5 Å². The lowest BCUT2D eigenvalue weighted by Gasteiger charge is -2.17. The van der Waals surface area contributed by atoms with Crippen LogP contribution < -0.4 is 21.7 Å². The van der Waals surface area contributed by atoms with Gasteiger partial charge in [-0.2, -0.15) is 0 Å². The Balaban J connectivity index is 0.000000250. The van der Waals surface area contributed by atoms with E-state index in [-0.39, 0.29) is 72.5 Å². The summed E-state index contributed by atoms with van der Waals surface area (Å²) >= 11 is 17.4. The smallest absolute Gasteiger partial charge is 0.257 e. The Morgan fingerprint density at radius 2 is 1.01 bits per heavy atom. The van der Waals surface area contributed by atoms with Gasteiger partial charge in [0.25, 0.3) is 11.1 Å². The van der Waals surface area contributed by atoms with Crippen LogP contribution in [0.3, 0.4) is 0 Å². The number of hydrogen-bond acceptors (Lipinski definition) is 13. The number of carbonyl (C=O) groups is 4. The number of pyridine rings is 2. The van der Waals surface area contributed by atoms with Crippen LogP contribution in [0.2, 0.25) is 10.0 Å². The molecule has 4 aromatic carbocycles. The minimum atomic E-state index is -3.93. The number of carbonyl (C=O) groups excluding carboxylic acids is 4. The van der Waals surface area contributed by atoms with Gasteiger partial charge in [0.15, 0.2) is 19.7 Å². The highest BCUT2D eigenvalue weighted by atomic mass is 35.5. The van der Waals surface area contributed by atoms with Crippen LogP contribution in [0.25, 0.3) is 0 Å². The molecule has 0 radical (unpaired) electrons. The molecule has 3 amide bonds. The average molecular weight is 1010 g/mol. The molecule has 2 heterocycles. The summed E-state index contributed by atoms with van der Waals surface area (Å²) in [6, 6.07) is 26.9. The maximum atomic E-state index is 12.9. The molecule has 0 bridgehead atoms. The second-order valence-electron chi connectivity index (χ2n) is 14.3. The van der Waals surface area contributed by atoms with Crippen LogP contribution in [0.5, 0.6) is 11.5 Å². The van der Waals surface area contributed by atoms with Gasteiger partial charge in [-0.1, -0.05) is 73.4 Å². The normalized spacial score (nSPS) is 11.9. The summed E-state index contributed by atoms with van der Waals surface area (Å²) in [6.07, 6.45) is 2.98. The van der Waals surface area contributed by atoms with Gasteiger partial charge < -0.3 is 31.9 Å². The number of sulfone groups is 2. The first kappa shape index (κ1) is 53.0. The molecule has 0 spiro atoms. The van der Waals surface area contributed by atoms with E-state index < -0.39 is 53.1 Å². The van der Waals surface area contributed by atoms with E-state index in [0.29, 0.717) is 5.56 Å². The average Bonchev–Trinajstić information content (AvgIpc) is 3.29. The van der Waals surface area contributed by atoms with E-state index in [1.54, 1.807) is 81.4 Å². The van der Waals surface area contributed by atoms with Gasteiger partial charge >= 0.3 is 0 Å². The van der Waals surface area contributed by atoms with Gasteiger partial charge in [-0.25, -0.2) is 16.8 Å². The van der Waals surface area contributed by atoms with Gasteiger partial charge in [0.05, 0.1) is 53.7 Å². The number of phenolic OH excluding ortho intramolecular Hbond substituents is 2. The molecule has 0 aliphatic carbocycles. The molecule has 6 aromatic rings. The molecule has 0 saturated carbocycles. The summed E-state index contributed by atoms with van der Waals surface area (Å²) in [5, 5.41) is 24.4. The lowest BCUT2D eigenvalue weighted by atomic mass is 10.2. The van der Waals surface area contributed by atoms with E-state index in [1.807, 2.05) is 6.92 Å². The first-order valence-corrected chi connectivity index (χ1v) is 24.2. The zero-order valence-corrected chi connectivity index (χ0v) is 40.1. The third-order valence-electron chi connectivity index (χ3n) is 9.50. The molecule has 352 valence electrons. The predicted octanol–water partition coefficient (Wildman–Crippen LogP) is 8.78. The van der Waals surface area contributed by atoms with Gasteiger partial charge in [-0.15, -0.1) is 0 Å². The lowest BCUT2D eigenvalue weighted by molar-refractivity contribution is -0.116. The van der Waals surface area contributed by atoms with Gasteiger partial charge in [-0.3, -0.25) is 29.1 Å². The van der Waals surface area contributed by atoms with Crippen molar-refractivity contribution in [1.82, 2.24) is 9.97 Å². The molecule has 0 aliphatic heterocycles. The summed E-state index contributed by atoms with van der Waals surface area (Å²) in [5.41, 5.74) is 8.03. The van der Waals surface area contributed by atoms with E-state index in [4.69, 9.17) is 40.5 Å². The molecule has 21 heteroatoms. The number of aromatic nitrogens is 2. The summed E-state index contributed by atoms with van der Waals surface area (Å²) < 4.78 is 51.0. The second kappa shape index (κ2) is 23.7. The summed E-state index contributed by atoms with van der Waals surface area (Å²) in [6.45, 7) is 6.83. The summed E-state index contributed by atoms with van der Waals surface area (Å²) in [5.74, 6) is -2.64. The molecule has 2 aromatic heterocycles. The fraction of sp³-hybridized carbons (Fsp3) is 0.174. The highest BCUT2D eigenvalue weighted by molar-refractivity contribution is 7.93. The highest BCUT2D eigenvalue weighted by Gasteiger charge is 2.34. The predicted molar refractivity (Wildman–Crippen MR) is 259 cm³/mol. The zero-order chi connectivity index (χ0) is 49.6. The van der Waals surface area contributed by atoms with Crippen LogP contribution in [0, 0.1) is 13.8 Å². The summed E-state index contributed by atoms with van der Waals surface area (Å²) in [7, 11) is -7.78. The fourth-order valence-electron chi connectivity index (χ4n) is 5.88. The van der Waals surface area contributed by atoms with Crippen molar-refractivity contribution in [3.63, 3.8) is 0 Å². The van der Waals surface area contributed by atoms with Gasteiger partial charge in [0.2, 0.25) is 11.8 Å². The zero-order valence-electron chi connectivity index (χ0n) is 36.2. The Bertz CT molecular complexity index is 2950. The van der Waals surface area contributed by atoms with Gasteiger partial charge in [0, 0.05) is 35.9 Å². The number of aromatic hydroxyl groups is 2. The van der Waals surface area contributed by atoms with Crippen LogP contribution in [0.15, 0.2) is 131 Å². The van der Waals surface area contributed by atoms with Crippen LogP contribution in [0.1, 0.15) is 58.8 Å². The van der Waals surface area contributed by atoms with Crippen LogP contribution >= 0.6 is 34.8 Å². The molecule has 7 N–H and O–H groups in total. The monoisotopic (exact) mass is 1010 g/mol. The molecule has 2 unspecified atom stereocenters. The molecule has 0 aliphatic rings. The van der Waals surface area contributed by atoms with E-state index in [2.05, 4.69) is 25.9 Å². The Morgan fingerprint density at radius 3 is 1.42 bits per heavy atom. The van der Waals surface area contributed by atoms with Crippen molar-refractivity contribution in [2.24, 2.45) is 0 Å². The topological polar surface area (TPSA) is 265 Å². The Morgan fingerprint density at radius 1 is 0.597 bits per heavy atom. The van der Waals surface area contributed by atoms with Crippen molar-refractivity contribution < 1.29 is 46.2 Å². The molecule has 2 atom stereocenters. The Kier molecular flexibility index (Phi) is 18.8. The van der Waals surface area contributed by atoms with Crippen molar-refractivity contribution >= 4 is 100 Å². The SMILES string of the molecule is CCC(C(=O)Nc1cc(O)c(N)cc1Cl)S(=O)(=O)c1ccccc1.CCC(C(=O)Nc1cc(O)c(NC(=O)c2ccc(C)nc2)cc1Cl)S(=O)(=O)c1ccccc1.Cc1ccc(C(=O)Cl)cn1. The minimum Gasteiger partial charge on any atom is -0.506 e. The van der Waals surface area contributed by atoms with Crippen molar-refractivity contribution in [1.29, 1.82) is 0 Å². The van der Waals surface area contributed by atoms with E-state index in [0.717, 1.165) is 17.5 Å². The van der Waals surface area contributed by atoms with Crippen molar-refractivity contribution in [2.75, 3.05) is 21.7 Å². The van der Waals surface area contributed by atoms with Crippen molar-refractivity contribution in [3.05, 3.63) is 154 Å². The molecule has 0 saturated heterocycles. The van der Waals surface area contributed by atoms with E-state index >= 15 is 0 Å². The lowest BCUT2D eigenvalue weighted by Crippen LogP contribution is -2.34. The van der Waals surface area contributed by atoms with E-state index in [9.17, 15) is 46.2 Å². The Hall–Kier alpha value is -6.57. The van der Waals surface area contributed by atoms with Crippen molar-refractivity contribution in [2.45, 2.75) is 60.8 Å². The molecular formula is C46H45Cl3N6O10S2. The molecule has 6 rings (SSSR count). The minimum absolute atomic E-state index is 0.00504. The first-order valence-electron chi connectivity index (χ1n) is 20.0. The number of rotatable bonds is 13. The number of amides is 3. The van der Waals surface area contributed by atoms with E-state index in [1.165, 1.54) is 54.9 Å². The van der Waals surface area contributed by atoms with Gasteiger partial charge in [0.1, 0.15) is 22.0 Å². The number of hydrogen-bond donors (Lipinski definition) is 6. The summed E-state index contributed by atoms with van der Waals surface area (Å²) in [4.78, 5) is 56.2. The first-order chi connectivity index (χ1) is 31.6. The quantitative estimate of drug-likeness (QED) is 0.0359. The second-order valence-corrected chi connectivity index (χ2v) is 19.8. The number of phenols is 2.